The largest absolute Gasteiger partial charge is 0.446 e. The first-order valence-electron chi connectivity index (χ1n) is 13.7. The lowest BCUT2D eigenvalue weighted by molar-refractivity contribution is -0.149. The molecule has 0 spiro atoms. The molecule has 1 aliphatic heterocycles. The van der Waals surface area contributed by atoms with E-state index in [9.17, 15) is 14.4 Å². The molecule has 3 amide bonds. The van der Waals surface area contributed by atoms with Gasteiger partial charge in [-0.2, -0.15) is 0 Å². The van der Waals surface area contributed by atoms with E-state index in [0.717, 1.165) is 30.0 Å². The van der Waals surface area contributed by atoms with Crippen LogP contribution in [-0.2, 0) is 27.4 Å². The van der Waals surface area contributed by atoms with E-state index in [2.05, 4.69) is 4.90 Å². The quantitative estimate of drug-likeness (QED) is 0.337. The molecule has 0 unspecified atom stereocenters. The Morgan fingerprint density at radius 3 is 1.77 bits per heavy atom. The highest BCUT2D eigenvalue weighted by atomic mass is 16.6. The highest BCUT2D eigenvalue weighted by Crippen LogP contribution is 2.31. The van der Waals surface area contributed by atoms with Crippen LogP contribution in [0.1, 0.15) is 44.5 Å². The van der Waals surface area contributed by atoms with Gasteiger partial charge in [-0.1, -0.05) is 60.7 Å². The Bertz CT molecular complexity index is 1270. The Balaban J connectivity index is 1.78. The van der Waals surface area contributed by atoms with Crippen LogP contribution in [0.5, 0.6) is 0 Å². The summed E-state index contributed by atoms with van der Waals surface area (Å²) in [6.07, 6.45) is -1.23. The van der Waals surface area contributed by atoms with Crippen molar-refractivity contribution in [2.75, 3.05) is 22.9 Å². The van der Waals surface area contributed by atoms with Crippen LogP contribution in [0.2, 0.25) is 0 Å². The fraction of sp³-hybridized carbons (Fsp3) is 0.355. The van der Waals surface area contributed by atoms with Gasteiger partial charge >= 0.3 is 6.09 Å². The third-order valence-electron chi connectivity index (χ3n) is 6.80. The third-order valence-corrected chi connectivity index (χ3v) is 6.80. The number of benzene rings is 2. The molecular weight excluding hydrogens is 506 g/mol. The number of hydrazine groups is 1. The second-order valence-corrected chi connectivity index (χ2v) is 9.91. The first-order chi connectivity index (χ1) is 19.2. The average Bonchev–Trinajstić information content (AvgIpc) is 3.15. The Kier molecular flexibility index (Phi) is 9.04. The van der Waals surface area contributed by atoms with E-state index in [1.807, 2.05) is 74.5 Å². The van der Waals surface area contributed by atoms with Crippen molar-refractivity contribution in [3.05, 3.63) is 89.6 Å². The van der Waals surface area contributed by atoms with Crippen LogP contribution >= 0.6 is 0 Å². The summed E-state index contributed by atoms with van der Waals surface area (Å²) in [6, 6.07) is 21.0. The molecule has 2 aromatic carbocycles. The van der Waals surface area contributed by atoms with Gasteiger partial charge in [0.25, 0.3) is 11.8 Å². The lowest BCUT2D eigenvalue weighted by atomic mass is 10.1. The fourth-order valence-corrected chi connectivity index (χ4v) is 4.81. The lowest BCUT2D eigenvalue weighted by Gasteiger charge is -2.28. The molecule has 0 aliphatic carbocycles. The number of ether oxygens (including phenoxy) is 1. The maximum atomic E-state index is 14.1. The zero-order valence-corrected chi connectivity index (χ0v) is 23.8. The molecule has 3 aromatic rings. The highest BCUT2D eigenvalue weighted by Gasteiger charge is 2.51. The SMILES string of the molecule is CCN(CC)c1ccc(N(C(=O)OC(C)C)C2C(=O)N(Cc3ccccc3)N(Cc3ccccc3)C2=O)c(C)n1. The molecule has 2 heterocycles. The number of rotatable bonds is 10. The molecule has 210 valence electrons. The molecule has 0 N–H and O–H groups in total. The van der Waals surface area contributed by atoms with E-state index >= 15 is 0 Å². The molecule has 1 fully saturated rings. The van der Waals surface area contributed by atoms with Crippen molar-refractivity contribution in [3.8, 4) is 0 Å². The minimum absolute atomic E-state index is 0.181. The van der Waals surface area contributed by atoms with Gasteiger partial charge in [-0.05, 0) is 57.9 Å². The summed E-state index contributed by atoms with van der Waals surface area (Å²) < 4.78 is 5.57. The van der Waals surface area contributed by atoms with Crippen molar-refractivity contribution in [1.82, 2.24) is 15.0 Å². The maximum absolute atomic E-state index is 14.1. The molecular formula is C31H37N5O4. The van der Waals surface area contributed by atoms with Crippen LogP contribution in [0.4, 0.5) is 16.3 Å². The van der Waals surface area contributed by atoms with Crippen LogP contribution in [0.25, 0.3) is 0 Å². The minimum Gasteiger partial charge on any atom is -0.446 e. The number of carbonyl (C=O) groups excluding carboxylic acids is 3. The number of hydrogen-bond acceptors (Lipinski definition) is 6. The molecule has 1 aromatic heterocycles. The number of nitrogens with zero attached hydrogens (tertiary/aromatic N) is 5. The number of anilines is 2. The fourth-order valence-electron chi connectivity index (χ4n) is 4.81. The van der Waals surface area contributed by atoms with Gasteiger partial charge in [0.05, 0.1) is 30.6 Å². The second kappa shape index (κ2) is 12.6. The lowest BCUT2D eigenvalue weighted by Crippen LogP contribution is -2.49. The summed E-state index contributed by atoms with van der Waals surface area (Å²) in [6.45, 7) is 11.2. The maximum Gasteiger partial charge on any atom is 0.415 e. The molecule has 1 aliphatic rings. The van der Waals surface area contributed by atoms with Crippen LogP contribution < -0.4 is 9.80 Å². The number of aromatic nitrogens is 1. The van der Waals surface area contributed by atoms with Gasteiger partial charge in [-0.15, -0.1) is 0 Å². The first-order valence-corrected chi connectivity index (χ1v) is 13.7. The molecule has 4 rings (SSSR count). The van der Waals surface area contributed by atoms with Gasteiger partial charge in [0.2, 0.25) is 6.04 Å². The van der Waals surface area contributed by atoms with E-state index in [1.54, 1.807) is 32.9 Å². The molecule has 9 heteroatoms. The normalized spacial score (nSPS) is 13.8. The molecule has 0 radical (unpaired) electrons. The van der Waals surface area contributed by atoms with Crippen molar-refractivity contribution in [1.29, 1.82) is 0 Å². The number of amides is 3. The Morgan fingerprint density at radius 2 is 1.35 bits per heavy atom. The third kappa shape index (κ3) is 6.09. The summed E-state index contributed by atoms with van der Waals surface area (Å²) in [4.78, 5) is 49.7. The summed E-state index contributed by atoms with van der Waals surface area (Å²) in [5, 5.41) is 2.86. The molecule has 40 heavy (non-hydrogen) atoms. The Hall–Kier alpha value is -4.40. The Labute approximate surface area is 235 Å². The van der Waals surface area contributed by atoms with Crippen LogP contribution in [0.3, 0.4) is 0 Å². The molecule has 0 saturated carbocycles. The smallest absolute Gasteiger partial charge is 0.415 e. The van der Waals surface area contributed by atoms with E-state index < -0.39 is 30.1 Å². The summed E-state index contributed by atoms with van der Waals surface area (Å²) >= 11 is 0. The highest BCUT2D eigenvalue weighted by molar-refractivity contribution is 6.16. The van der Waals surface area contributed by atoms with Gasteiger partial charge in [-0.3, -0.25) is 14.5 Å². The zero-order chi connectivity index (χ0) is 28.8. The predicted molar refractivity (Wildman–Crippen MR) is 154 cm³/mol. The first kappa shape index (κ1) is 28.6. The number of carbonyl (C=O) groups is 3. The summed E-state index contributed by atoms with van der Waals surface area (Å²) in [5.41, 5.74) is 2.59. The van der Waals surface area contributed by atoms with Crippen LogP contribution in [0.15, 0.2) is 72.8 Å². The average molecular weight is 544 g/mol. The Morgan fingerprint density at radius 1 is 0.850 bits per heavy atom. The molecule has 0 bridgehead atoms. The van der Waals surface area contributed by atoms with E-state index in [1.165, 1.54) is 14.9 Å². The number of pyridine rings is 1. The molecule has 9 nitrogen and oxygen atoms in total. The monoisotopic (exact) mass is 543 g/mol. The van der Waals surface area contributed by atoms with Crippen molar-refractivity contribution in [3.63, 3.8) is 0 Å². The van der Waals surface area contributed by atoms with Crippen molar-refractivity contribution in [2.45, 2.75) is 59.9 Å². The van der Waals surface area contributed by atoms with Gasteiger partial charge in [0.1, 0.15) is 5.82 Å². The summed E-state index contributed by atoms with van der Waals surface area (Å²) in [7, 11) is 0. The molecule has 0 atom stereocenters. The van der Waals surface area contributed by atoms with Crippen molar-refractivity contribution >= 4 is 29.4 Å². The minimum atomic E-state index is -1.43. The number of aryl methyl sites for hydroxylation is 1. The van der Waals surface area contributed by atoms with E-state index in [4.69, 9.17) is 9.72 Å². The van der Waals surface area contributed by atoms with Gasteiger partial charge in [0, 0.05) is 13.1 Å². The van der Waals surface area contributed by atoms with E-state index in [-0.39, 0.29) is 13.1 Å². The molecule has 1 saturated heterocycles. The van der Waals surface area contributed by atoms with Gasteiger partial charge in [-0.25, -0.2) is 19.8 Å². The topological polar surface area (TPSA) is 86.3 Å². The second-order valence-electron chi connectivity index (χ2n) is 9.91. The van der Waals surface area contributed by atoms with Gasteiger partial charge < -0.3 is 9.64 Å². The number of hydrogen-bond donors (Lipinski definition) is 0. The van der Waals surface area contributed by atoms with Crippen molar-refractivity contribution in [2.24, 2.45) is 0 Å². The van der Waals surface area contributed by atoms with Crippen LogP contribution in [-0.4, -0.2) is 58.1 Å². The predicted octanol–water partition coefficient (Wildman–Crippen LogP) is 4.94. The summed E-state index contributed by atoms with van der Waals surface area (Å²) in [5.74, 6) is -0.251. The van der Waals surface area contributed by atoms with Crippen molar-refractivity contribution < 1.29 is 19.1 Å². The standard InChI is InChI=1S/C31H37N5O4/c1-6-33(7-2)27-19-18-26(23(5)32-27)36(31(39)40-22(3)4)28-29(37)34(20-24-14-10-8-11-15-24)35(30(28)38)21-25-16-12-9-13-17-25/h8-19,22,28H,6-7,20-21H2,1-5H3. The van der Waals surface area contributed by atoms with Crippen LogP contribution in [0, 0.1) is 6.92 Å². The van der Waals surface area contributed by atoms with Gasteiger partial charge in [0.15, 0.2) is 0 Å². The van der Waals surface area contributed by atoms with E-state index in [0.29, 0.717) is 11.4 Å². The zero-order valence-electron chi connectivity index (χ0n) is 23.8.